The van der Waals surface area contributed by atoms with E-state index in [4.69, 9.17) is 9.84 Å². The fraction of sp³-hybridized carbons (Fsp3) is 0.375. The average molecular weight is 186 g/mol. The maximum atomic E-state index is 10.3. The van der Waals surface area contributed by atoms with Crippen LogP contribution in [0.25, 0.3) is 0 Å². The Labute approximate surface area is 74.6 Å². The highest BCUT2D eigenvalue weighted by atomic mass is 32.1. The number of ether oxygens (including phenoxy) is 1. The molecule has 12 heavy (non-hydrogen) atoms. The number of hydrogen-bond donors (Lipinski definition) is 1. The van der Waals surface area contributed by atoms with Crippen molar-refractivity contribution < 1.29 is 14.6 Å². The van der Waals surface area contributed by atoms with E-state index in [1.54, 1.807) is 11.3 Å². The summed E-state index contributed by atoms with van der Waals surface area (Å²) in [6.07, 6.45) is -0.732. The molecule has 0 aliphatic carbocycles. The van der Waals surface area contributed by atoms with Gasteiger partial charge >= 0.3 is 5.97 Å². The van der Waals surface area contributed by atoms with Gasteiger partial charge in [-0.2, -0.15) is 11.3 Å². The highest BCUT2D eigenvalue weighted by molar-refractivity contribution is 7.07. The molecule has 0 spiro atoms. The van der Waals surface area contributed by atoms with Crippen LogP contribution in [-0.4, -0.2) is 17.2 Å². The smallest absolute Gasteiger partial charge is 0.332 e. The van der Waals surface area contributed by atoms with Crippen LogP contribution >= 0.6 is 11.3 Å². The van der Waals surface area contributed by atoms with Crippen LogP contribution in [0.4, 0.5) is 0 Å². The molecule has 0 fully saturated rings. The number of aliphatic carboxylic acids is 1. The van der Waals surface area contributed by atoms with Gasteiger partial charge in [-0.15, -0.1) is 0 Å². The molecule has 1 N–H and O–H groups in total. The molecule has 1 aromatic heterocycles. The molecular weight excluding hydrogens is 176 g/mol. The molecule has 0 aliphatic heterocycles. The molecule has 4 heteroatoms. The number of carboxylic acids is 1. The fourth-order valence-corrected chi connectivity index (χ4v) is 1.32. The van der Waals surface area contributed by atoms with Crippen molar-refractivity contribution in [2.75, 3.05) is 0 Å². The highest BCUT2D eigenvalue weighted by Gasteiger charge is 2.10. The van der Waals surface area contributed by atoms with Gasteiger partial charge in [-0.1, -0.05) is 0 Å². The molecule has 1 heterocycles. The number of thiophene rings is 1. The molecule has 1 atom stereocenters. The molecule has 0 amide bonds. The zero-order valence-corrected chi connectivity index (χ0v) is 7.50. The van der Waals surface area contributed by atoms with Crippen LogP contribution in [0.3, 0.4) is 0 Å². The summed E-state index contributed by atoms with van der Waals surface area (Å²) in [6, 6.07) is 1.92. The van der Waals surface area contributed by atoms with Crippen molar-refractivity contribution in [1.29, 1.82) is 0 Å². The molecule has 0 aliphatic rings. The van der Waals surface area contributed by atoms with Crippen LogP contribution in [0.5, 0.6) is 0 Å². The number of carbonyl (C=O) groups is 1. The quantitative estimate of drug-likeness (QED) is 0.779. The van der Waals surface area contributed by atoms with E-state index in [1.807, 2.05) is 16.8 Å². The minimum absolute atomic E-state index is 0.372. The second-order valence-corrected chi connectivity index (χ2v) is 3.20. The standard InChI is InChI=1S/C8H10O3S/c1-6(8(9)10)11-4-7-2-3-12-5-7/h2-3,5-6H,4H2,1H3,(H,9,10)/t6-/m1/s1. The second kappa shape index (κ2) is 4.23. The Bertz CT molecular complexity index is 243. The Kier molecular flexibility index (Phi) is 3.25. The summed E-state index contributed by atoms with van der Waals surface area (Å²) in [7, 11) is 0. The summed E-state index contributed by atoms with van der Waals surface area (Å²) in [5.74, 6) is -0.926. The second-order valence-electron chi connectivity index (χ2n) is 2.42. The van der Waals surface area contributed by atoms with Crippen molar-refractivity contribution in [1.82, 2.24) is 0 Å². The van der Waals surface area contributed by atoms with E-state index in [0.717, 1.165) is 5.56 Å². The van der Waals surface area contributed by atoms with Gasteiger partial charge in [0, 0.05) is 0 Å². The Morgan fingerprint density at radius 2 is 2.58 bits per heavy atom. The van der Waals surface area contributed by atoms with Gasteiger partial charge in [0.1, 0.15) is 0 Å². The molecule has 0 aromatic carbocycles. The van der Waals surface area contributed by atoms with Gasteiger partial charge in [-0.05, 0) is 29.3 Å². The average Bonchev–Trinajstić information content (AvgIpc) is 2.51. The van der Waals surface area contributed by atoms with E-state index in [1.165, 1.54) is 6.92 Å². The Hall–Kier alpha value is -0.870. The minimum atomic E-state index is -0.926. The fourth-order valence-electron chi connectivity index (χ4n) is 0.667. The van der Waals surface area contributed by atoms with Crippen LogP contribution in [0, 0.1) is 0 Å². The van der Waals surface area contributed by atoms with Crippen molar-refractivity contribution in [3.63, 3.8) is 0 Å². The van der Waals surface area contributed by atoms with E-state index in [0.29, 0.717) is 6.61 Å². The van der Waals surface area contributed by atoms with Crippen molar-refractivity contribution in [3.05, 3.63) is 22.4 Å². The zero-order chi connectivity index (χ0) is 8.97. The first-order chi connectivity index (χ1) is 5.70. The third-order valence-electron chi connectivity index (χ3n) is 1.43. The highest BCUT2D eigenvalue weighted by Crippen LogP contribution is 2.08. The molecule has 0 radical (unpaired) electrons. The van der Waals surface area contributed by atoms with Gasteiger partial charge in [0.15, 0.2) is 6.10 Å². The van der Waals surface area contributed by atoms with Crippen LogP contribution in [-0.2, 0) is 16.1 Å². The predicted molar refractivity (Wildman–Crippen MR) is 46.2 cm³/mol. The summed E-state index contributed by atoms with van der Waals surface area (Å²) in [5.41, 5.74) is 1.02. The zero-order valence-electron chi connectivity index (χ0n) is 6.69. The molecule has 0 saturated carbocycles. The van der Waals surface area contributed by atoms with Gasteiger partial charge in [0.2, 0.25) is 0 Å². The lowest BCUT2D eigenvalue weighted by molar-refractivity contribution is -0.149. The minimum Gasteiger partial charge on any atom is -0.479 e. The van der Waals surface area contributed by atoms with Crippen molar-refractivity contribution >= 4 is 17.3 Å². The van der Waals surface area contributed by atoms with E-state index in [-0.39, 0.29) is 0 Å². The summed E-state index contributed by atoms with van der Waals surface area (Å²) < 4.78 is 5.05. The predicted octanol–water partition coefficient (Wildman–Crippen LogP) is 1.74. The molecule has 1 aromatic rings. The summed E-state index contributed by atoms with van der Waals surface area (Å²) in [5, 5.41) is 12.4. The summed E-state index contributed by atoms with van der Waals surface area (Å²) in [6.45, 7) is 1.89. The van der Waals surface area contributed by atoms with Crippen LogP contribution in [0.2, 0.25) is 0 Å². The van der Waals surface area contributed by atoms with Gasteiger partial charge < -0.3 is 9.84 Å². The van der Waals surface area contributed by atoms with Crippen LogP contribution in [0.1, 0.15) is 12.5 Å². The monoisotopic (exact) mass is 186 g/mol. The van der Waals surface area contributed by atoms with Crippen LogP contribution < -0.4 is 0 Å². The Balaban J connectivity index is 2.31. The van der Waals surface area contributed by atoms with E-state index >= 15 is 0 Å². The van der Waals surface area contributed by atoms with Gasteiger partial charge in [-0.3, -0.25) is 0 Å². The lowest BCUT2D eigenvalue weighted by atomic mass is 10.3. The maximum absolute atomic E-state index is 10.3. The summed E-state index contributed by atoms with van der Waals surface area (Å²) >= 11 is 1.57. The topological polar surface area (TPSA) is 46.5 Å². The largest absolute Gasteiger partial charge is 0.479 e. The van der Waals surface area contributed by atoms with Gasteiger partial charge in [0.05, 0.1) is 6.61 Å². The normalized spacial score (nSPS) is 12.8. The summed E-state index contributed by atoms with van der Waals surface area (Å²) in [4.78, 5) is 10.3. The molecule has 3 nitrogen and oxygen atoms in total. The van der Waals surface area contributed by atoms with Gasteiger partial charge in [-0.25, -0.2) is 4.79 Å². The van der Waals surface area contributed by atoms with Crippen molar-refractivity contribution in [2.24, 2.45) is 0 Å². The molecular formula is C8H10O3S. The number of carboxylic acid groups (broad SMARTS) is 1. The van der Waals surface area contributed by atoms with Gasteiger partial charge in [0.25, 0.3) is 0 Å². The first kappa shape index (κ1) is 9.22. The van der Waals surface area contributed by atoms with Crippen LogP contribution in [0.15, 0.2) is 16.8 Å². The maximum Gasteiger partial charge on any atom is 0.332 e. The lowest BCUT2D eigenvalue weighted by Gasteiger charge is -2.06. The van der Waals surface area contributed by atoms with Crippen molar-refractivity contribution in [2.45, 2.75) is 19.6 Å². The van der Waals surface area contributed by atoms with E-state index < -0.39 is 12.1 Å². The first-order valence-corrected chi connectivity index (χ1v) is 4.50. The molecule has 0 bridgehead atoms. The lowest BCUT2D eigenvalue weighted by Crippen LogP contribution is -2.19. The number of hydrogen-bond acceptors (Lipinski definition) is 3. The number of rotatable bonds is 4. The van der Waals surface area contributed by atoms with E-state index in [2.05, 4.69) is 0 Å². The SMILES string of the molecule is C[C@@H](OCc1ccsc1)C(=O)O. The Morgan fingerprint density at radius 1 is 1.83 bits per heavy atom. The Morgan fingerprint density at radius 3 is 3.08 bits per heavy atom. The molecule has 1 rings (SSSR count). The third kappa shape index (κ3) is 2.64. The molecule has 0 unspecified atom stereocenters. The third-order valence-corrected chi connectivity index (χ3v) is 2.16. The van der Waals surface area contributed by atoms with Crippen molar-refractivity contribution in [3.8, 4) is 0 Å². The molecule has 0 saturated heterocycles. The first-order valence-electron chi connectivity index (χ1n) is 3.55. The van der Waals surface area contributed by atoms with E-state index in [9.17, 15) is 4.79 Å². The molecule has 66 valence electrons.